The van der Waals surface area contributed by atoms with Crippen molar-refractivity contribution < 1.29 is 0 Å². The van der Waals surface area contributed by atoms with Crippen LogP contribution in [0.3, 0.4) is 0 Å². The van der Waals surface area contributed by atoms with Crippen LogP contribution in [0.15, 0.2) is 42.2 Å². The molecule has 1 aromatic rings. The fourth-order valence-corrected chi connectivity index (χ4v) is 4.00. The quantitative estimate of drug-likeness (QED) is 0.809. The van der Waals surface area contributed by atoms with Crippen molar-refractivity contribution in [3.05, 3.63) is 53.4 Å². The highest BCUT2D eigenvalue weighted by Gasteiger charge is 2.31. The van der Waals surface area contributed by atoms with Gasteiger partial charge in [-0.05, 0) is 30.4 Å². The van der Waals surface area contributed by atoms with Crippen molar-refractivity contribution in [2.75, 3.05) is 26.2 Å². The van der Waals surface area contributed by atoms with Crippen LogP contribution >= 0.6 is 0 Å². The molecule has 1 unspecified atom stereocenters. The molecule has 1 aromatic carbocycles. The molecule has 0 aliphatic carbocycles. The first kappa shape index (κ1) is 14.3. The van der Waals surface area contributed by atoms with Crippen molar-refractivity contribution in [3.8, 4) is 6.07 Å². The van der Waals surface area contributed by atoms with Gasteiger partial charge in [-0.1, -0.05) is 29.8 Å². The van der Waals surface area contributed by atoms with E-state index in [-0.39, 0.29) is 6.17 Å². The van der Waals surface area contributed by atoms with Gasteiger partial charge in [0.1, 0.15) is 6.17 Å². The molecular weight excluding hydrogens is 284 g/mol. The zero-order chi connectivity index (χ0) is 15.6. The van der Waals surface area contributed by atoms with E-state index in [0.29, 0.717) is 6.54 Å². The van der Waals surface area contributed by atoms with E-state index in [2.05, 4.69) is 57.9 Å². The second kappa shape index (κ2) is 6.10. The number of likely N-dealkylation sites (tertiary alicyclic amines) is 1. The predicted octanol–water partition coefficient (Wildman–Crippen LogP) is 2.32. The summed E-state index contributed by atoms with van der Waals surface area (Å²) in [6, 6.07) is 11.1. The Bertz CT molecular complexity index is 688. The third-order valence-electron chi connectivity index (χ3n) is 5.21. The van der Waals surface area contributed by atoms with Crippen LogP contribution in [0.5, 0.6) is 0 Å². The first-order valence-electron chi connectivity index (χ1n) is 8.45. The minimum atomic E-state index is 0.274. The topological polar surface area (TPSA) is 42.3 Å². The van der Waals surface area contributed by atoms with E-state index in [0.717, 1.165) is 38.9 Å². The monoisotopic (exact) mass is 306 g/mol. The van der Waals surface area contributed by atoms with Crippen LogP contribution in [-0.2, 0) is 6.42 Å². The minimum Gasteiger partial charge on any atom is -0.366 e. The molecule has 0 aromatic heterocycles. The van der Waals surface area contributed by atoms with Gasteiger partial charge in [0.25, 0.3) is 0 Å². The summed E-state index contributed by atoms with van der Waals surface area (Å²) in [5, 5.41) is 12.4. The van der Waals surface area contributed by atoms with Gasteiger partial charge in [0.2, 0.25) is 0 Å². The Morgan fingerprint density at radius 1 is 1.13 bits per heavy atom. The summed E-state index contributed by atoms with van der Waals surface area (Å²) in [4.78, 5) is 4.68. The Morgan fingerprint density at radius 3 is 2.78 bits per heavy atom. The summed E-state index contributed by atoms with van der Waals surface area (Å²) in [5.74, 6) is 0. The zero-order valence-electron chi connectivity index (χ0n) is 13.3. The van der Waals surface area contributed by atoms with Crippen LogP contribution in [0.1, 0.15) is 24.0 Å². The zero-order valence-corrected chi connectivity index (χ0v) is 13.3. The number of piperidine rings is 1. The molecule has 3 aliphatic heterocycles. The molecule has 3 heterocycles. The summed E-state index contributed by atoms with van der Waals surface area (Å²) in [7, 11) is 0. The Kier molecular flexibility index (Phi) is 3.80. The Labute approximate surface area is 137 Å². The van der Waals surface area contributed by atoms with Crippen LogP contribution in [0.25, 0.3) is 5.57 Å². The van der Waals surface area contributed by atoms with Gasteiger partial charge in [-0.2, -0.15) is 5.26 Å². The molecule has 118 valence electrons. The first-order chi connectivity index (χ1) is 11.4. The molecule has 0 spiro atoms. The maximum Gasteiger partial charge on any atom is 0.125 e. The summed E-state index contributed by atoms with van der Waals surface area (Å²) in [6.45, 7) is 3.60. The average Bonchev–Trinajstić information content (AvgIpc) is 2.98. The molecule has 0 saturated carbocycles. The number of hydrogen-bond acceptors (Lipinski definition) is 4. The van der Waals surface area contributed by atoms with Crippen molar-refractivity contribution in [1.29, 1.82) is 5.26 Å². The van der Waals surface area contributed by atoms with Crippen molar-refractivity contribution in [2.45, 2.75) is 25.4 Å². The van der Waals surface area contributed by atoms with Gasteiger partial charge in [0, 0.05) is 37.6 Å². The highest BCUT2D eigenvalue weighted by atomic mass is 15.3. The van der Waals surface area contributed by atoms with E-state index in [4.69, 9.17) is 5.26 Å². The Morgan fingerprint density at radius 2 is 1.96 bits per heavy atom. The molecule has 1 N–H and O–H groups in total. The van der Waals surface area contributed by atoms with E-state index in [1.807, 2.05) is 0 Å². The normalized spacial score (nSPS) is 23.8. The number of benzene rings is 1. The highest BCUT2D eigenvalue weighted by Crippen LogP contribution is 2.36. The van der Waals surface area contributed by atoms with Crippen LogP contribution in [0.4, 0.5) is 0 Å². The molecule has 3 aliphatic rings. The molecule has 4 rings (SSSR count). The molecule has 0 radical (unpaired) electrons. The first-order valence-corrected chi connectivity index (χ1v) is 8.45. The predicted molar refractivity (Wildman–Crippen MR) is 91.1 cm³/mol. The van der Waals surface area contributed by atoms with Gasteiger partial charge in [0.15, 0.2) is 0 Å². The molecule has 4 heteroatoms. The molecule has 0 amide bonds. The number of hydrogen-bond donors (Lipinski definition) is 1. The second-order valence-corrected chi connectivity index (χ2v) is 6.48. The minimum absolute atomic E-state index is 0.274. The summed E-state index contributed by atoms with van der Waals surface area (Å²) in [6.07, 6.45) is 7.76. The molecule has 4 nitrogen and oxygen atoms in total. The van der Waals surface area contributed by atoms with Crippen molar-refractivity contribution in [1.82, 2.24) is 15.1 Å². The second-order valence-electron chi connectivity index (χ2n) is 6.48. The van der Waals surface area contributed by atoms with Crippen LogP contribution < -0.4 is 5.32 Å². The number of nitrogens with zero attached hydrogens (tertiary/aromatic N) is 3. The van der Waals surface area contributed by atoms with E-state index in [1.165, 1.54) is 16.7 Å². The lowest BCUT2D eigenvalue weighted by molar-refractivity contribution is 0.284. The maximum atomic E-state index is 8.89. The molecule has 23 heavy (non-hydrogen) atoms. The smallest absolute Gasteiger partial charge is 0.125 e. The number of nitriles is 1. The number of nitrogens with one attached hydrogen (secondary N) is 1. The Hall–Kier alpha value is -2.25. The third-order valence-corrected chi connectivity index (χ3v) is 5.21. The van der Waals surface area contributed by atoms with Crippen LogP contribution in [0, 0.1) is 11.3 Å². The number of fused-ring (bicyclic) bond motifs is 2. The largest absolute Gasteiger partial charge is 0.366 e. The lowest BCUT2D eigenvalue weighted by Crippen LogP contribution is -2.38. The van der Waals surface area contributed by atoms with E-state index in [1.54, 1.807) is 5.57 Å². The van der Waals surface area contributed by atoms with Crippen molar-refractivity contribution in [2.24, 2.45) is 0 Å². The average molecular weight is 306 g/mol. The van der Waals surface area contributed by atoms with Gasteiger partial charge in [-0.15, -0.1) is 0 Å². The van der Waals surface area contributed by atoms with Crippen molar-refractivity contribution in [3.63, 3.8) is 0 Å². The lowest BCUT2D eigenvalue weighted by atomic mass is 9.89. The molecular formula is C19H22N4. The fraction of sp³-hybridized carbons (Fsp3) is 0.421. The summed E-state index contributed by atoms with van der Waals surface area (Å²) < 4.78 is 0. The van der Waals surface area contributed by atoms with Crippen molar-refractivity contribution >= 4 is 5.57 Å². The van der Waals surface area contributed by atoms with Gasteiger partial charge < -0.3 is 10.2 Å². The fourth-order valence-electron chi connectivity index (χ4n) is 4.00. The summed E-state index contributed by atoms with van der Waals surface area (Å²) in [5.41, 5.74) is 5.90. The summed E-state index contributed by atoms with van der Waals surface area (Å²) >= 11 is 0. The van der Waals surface area contributed by atoms with Crippen LogP contribution in [0.2, 0.25) is 0 Å². The molecule has 1 atom stereocenters. The highest BCUT2D eigenvalue weighted by molar-refractivity contribution is 5.76. The third kappa shape index (κ3) is 2.62. The van der Waals surface area contributed by atoms with E-state index >= 15 is 0 Å². The van der Waals surface area contributed by atoms with Gasteiger partial charge >= 0.3 is 0 Å². The van der Waals surface area contributed by atoms with Crippen LogP contribution in [-0.4, -0.2) is 42.1 Å². The SMILES string of the molecule is N#CCN1CCC(=C2c3ccccc3CCN3C=CNC23)CC1. The Balaban J connectivity index is 1.72. The van der Waals surface area contributed by atoms with Gasteiger partial charge in [0.05, 0.1) is 12.6 Å². The standard InChI is InChI=1S/C19H22N4/c20-8-13-22-10-5-16(6-11-22)18-17-4-2-1-3-15(17)7-12-23-14-9-21-19(18)23/h1-4,9,14,19,21H,5-7,10-13H2. The van der Waals surface area contributed by atoms with Gasteiger partial charge in [-0.3, -0.25) is 4.90 Å². The maximum absolute atomic E-state index is 8.89. The molecule has 0 bridgehead atoms. The van der Waals surface area contributed by atoms with E-state index < -0.39 is 0 Å². The van der Waals surface area contributed by atoms with Gasteiger partial charge in [-0.25, -0.2) is 0 Å². The van der Waals surface area contributed by atoms with E-state index in [9.17, 15) is 0 Å². The molecule has 1 saturated heterocycles. The number of rotatable bonds is 1. The lowest BCUT2D eigenvalue weighted by Gasteiger charge is -2.32. The molecule has 1 fully saturated rings.